The van der Waals surface area contributed by atoms with Crippen LogP contribution in [0.2, 0.25) is 0 Å². The molecule has 2 heterocycles. The van der Waals surface area contributed by atoms with Crippen LogP contribution in [0.3, 0.4) is 0 Å². The maximum Gasteiger partial charge on any atom is 0.251 e. The van der Waals surface area contributed by atoms with E-state index in [0.29, 0.717) is 25.1 Å². The molecular formula is C17H23N5O3S. The van der Waals surface area contributed by atoms with Crippen LogP contribution in [0.25, 0.3) is 0 Å². The highest BCUT2D eigenvalue weighted by molar-refractivity contribution is 7.89. The number of hydrogen-bond donors (Lipinski definition) is 3. The van der Waals surface area contributed by atoms with E-state index in [1.54, 1.807) is 24.7 Å². The molecule has 26 heavy (non-hydrogen) atoms. The van der Waals surface area contributed by atoms with E-state index in [9.17, 15) is 13.2 Å². The fourth-order valence-corrected chi connectivity index (χ4v) is 3.94. The zero-order chi connectivity index (χ0) is 18.4. The van der Waals surface area contributed by atoms with Crippen molar-refractivity contribution in [1.82, 2.24) is 24.9 Å². The van der Waals surface area contributed by atoms with Gasteiger partial charge in [-0.15, -0.1) is 0 Å². The zero-order valence-corrected chi connectivity index (χ0v) is 15.2. The van der Waals surface area contributed by atoms with E-state index in [1.807, 2.05) is 10.8 Å². The molecule has 1 atom stereocenters. The summed E-state index contributed by atoms with van der Waals surface area (Å²) in [6.45, 7) is 2.61. The topological polar surface area (TPSA) is 105 Å². The summed E-state index contributed by atoms with van der Waals surface area (Å²) in [6.07, 6.45) is 6.72. The van der Waals surface area contributed by atoms with Crippen LogP contribution in [0.15, 0.2) is 47.9 Å². The summed E-state index contributed by atoms with van der Waals surface area (Å²) in [6, 6.07) is 6.20. The number of amides is 1. The Morgan fingerprint density at radius 2 is 2.27 bits per heavy atom. The van der Waals surface area contributed by atoms with Crippen LogP contribution < -0.4 is 15.4 Å². The normalized spacial score (nSPS) is 17.3. The molecule has 2 aromatic rings. The SMILES string of the molecule is O=C(N[C@H]1CCNC1)c1cccc(S(=O)(=O)NCCCn2ccnc2)c1. The van der Waals surface area contributed by atoms with Gasteiger partial charge in [-0.2, -0.15) is 0 Å². The number of aryl methyl sites for hydroxylation is 1. The highest BCUT2D eigenvalue weighted by Gasteiger charge is 2.19. The standard InChI is InChI=1S/C17H23N5O3S/c23-17(21-15-5-7-18-12-15)14-3-1-4-16(11-14)26(24,25)20-6-2-9-22-10-8-19-13-22/h1,3-4,8,10-11,13,15,18,20H,2,5-7,9,12H2,(H,21,23)/t15-/m0/s1. The summed E-state index contributed by atoms with van der Waals surface area (Å²) >= 11 is 0. The lowest BCUT2D eigenvalue weighted by Gasteiger charge is -2.12. The van der Waals surface area contributed by atoms with Crippen LogP contribution >= 0.6 is 0 Å². The van der Waals surface area contributed by atoms with E-state index < -0.39 is 10.0 Å². The Morgan fingerprint density at radius 3 is 3.00 bits per heavy atom. The lowest BCUT2D eigenvalue weighted by molar-refractivity contribution is 0.0940. The Labute approximate surface area is 153 Å². The predicted molar refractivity (Wildman–Crippen MR) is 97.2 cm³/mol. The quantitative estimate of drug-likeness (QED) is 0.576. The molecule has 0 aliphatic carbocycles. The summed E-state index contributed by atoms with van der Waals surface area (Å²) in [5.41, 5.74) is 0.346. The van der Waals surface area contributed by atoms with Crippen LogP contribution in [-0.4, -0.2) is 49.6 Å². The molecule has 3 rings (SSSR count). The molecule has 1 aromatic carbocycles. The predicted octanol–water partition coefficient (Wildman–Crippen LogP) is 0.343. The number of imidazole rings is 1. The first-order chi connectivity index (χ1) is 12.5. The Balaban J connectivity index is 1.57. The van der Waals surface area contributed by atoms with Gasteiger partial charge in [-0.3, -0.25) is 4.79 Å². The molecule has 1 aliphatic heterocycles. The molecule has 0 spiro atoms. The summed E-state index contributed by atoms with van der Waals surface area (Å²) in [4.78, 5) is 16.3. The molecule has 0 saturated carbocycles. The van der Waals surface area contributed by atoms with Crippen molar-refractivity contribution in [3.63, 3.8) is 0 Å². The van der Waals surface area contributed by atoms with Crippen molar-refractivity contribution >= 4 is 15.9 Å². The summed E-state index contributed by atoms with van der Waals surface area (Å²) in [5, 5.41) is 6.09. The average Bonchev–Trinajstić information content (AvgIpc) is 3.33. The first-order valence-corrected chi connectivity index (χ1v) is 10.1. The molecule has 1 amide bonds. The number of carbonyl (C=O) groups excluding carboxylic acids is 1. The minimum absolute atomic E-state index is 0.0871. The fraction of sp³-hybridized carbons (Fsp3) is 0.412. The van der Waals surface area contributed by atoms with Crippen molar-refractivity contribution in [3.8, 4) is 0 Å². The maximum absolute atomic E-state index is 12.4. The van der Waals surface area contributed by atoms with Crippen LogP contribution in [0.1, 0.15) is 23.2 Å². The van der Waals surface area contributed by atoms with E-state index in [1.165, 1.54) is 12.1 Å². The molecule has 3 N–H and O–H groups in total. The minimum Gasteiger partial charge on any atom is -0.348 e. The lowest BCUT2D eigenvalue weighted by atomic mass is 10.2. The first kappa shape index (κ1) is 18.6. The summed E-state index contributed by atoms with van der Waals surface area (Å²) in [7, 11) is -3.65. The van der Waals surface area contributed by atoms with Crippen molar-refractivity contribution < 1.29 is 13.2 Å². The molecule has 8 nitrogen and oxygen atoms in total. The van der Waals surface area contributed by atoms with Crippen molar-refractivity contribution in [2.45, 2.75) is 30.3 Å². The number of rotatable bonds is 8. The van der Waals surface area contributed by atoms with E-state index in [-0.39, 0.29) is 16.8 Å². The van der Waals surface area contributed by atoms with E-state index >= 15 is 0 Å². The van der Waals surface area contributed by atoms with E-state index in [0.717, 1.165) is 19.5 Å². The van der Waals surface area contributed by atoms with Gasteiger partial charge in [-0.1, -0.05) is 6.07 Å². The second-order valence-corrected chi connectivity index (χ2v) is 8.01. The van der Waals surface area contributed by atoms with Gasteiger partial charge in [-0.25, -0.2) is 18.1 Å². The van der Waals surface area contributed by atoms with Gasteiger partial charge in [-0.05, 0) is 37.6 Å². The number of aromatic nitrogens is 2. The van der Waals surface area contributed by atoms with Gasteiger partial charge < -0.3 is 15.2 Å². The van der Waals surface area contributed by atoms with Gasteiger partial charge in [0.1, 0.15) is 0 Å². The number of hydrogen-bond acceptors (Lipinski definition) is 5. The molecule has 1 aliphatic rings. The second-order valence-electron chi connectivity index (χ2n) is 6.24. The van der Waals surface area contributed by atoms with Crippen LogP contribution in [0, 0.1) is 0 Å². The van der Waals surface area contributed by atoms with Crippen molar-refractivity contribution in [2.75, 3.05) is 19.6 Å². The highest BCUT2D eigenvalue weighted by Crippen LogP contribution is 2.12. The number of benzene rings is 1. The Hall–Kier alpha value is -2.23. The van der Waals surface area contributed by atoms with Gasteiger partial charge in [0.05, 0.1) is 11.2 Å². The van der Waals surface area contributed by atoms with Gasteiger partial charge in [0.25, 0.3) is 5.91 Å². The number of sulfonamides is 1. The van der Waals surface area contributed by atoms with Gasteiger partial charge >= 0.3 is 0 Å². The zero-order valence-electron chi connectivity index (χ0n) is 14.4. The molecular weight excluding hydrogens is 354 g/mol. The van der Waals surface area contributed by atoms with Crippen molar-refractivity contribution in [2.24, 2.45) is 0 Å². The number of nitrogens with zero attached hydrogens (tertiary/aromatic N) is 2. The highest BCUT2D eigenvalue weighted by atomic mass is 32.2. The summed E-state index contributed by atoms with van der Waals surface area (Å²) < 4.78 is 29.3. The third kappa shape index (κ3) is 4.90. The Morgan fingerprint density at radius 1 is 1.38 bits per heavy atom. The van der Waals surface area contributed by atoms with Crippen LogP contribution in [-0.2, 0) is 16.6 Å². The number of carbonyl (C=O) groups is 1. The first-order valence-electron chi connectivity index (χ1n) is 8.62. The van der Waals surface area contributed by atoms with Gasteiger partial charge in [0, 0.05) is 43.6 Å². The molecule has 1 saturated heterocycles. The van der Waals surface area contributed by atoms with Crippen LogP contribution in [0.4, 0.5) is 0 Å². The molecule has 0 unspecified atom stereocenters. The van der Waals surface area contributed by atoms with E-state index in [4.69, 9.17) is 0 Å². The molecule has 0 bridgehead atoms. The molecule has 1 aromatic heterocycles. The van der Waals surface area contributed by atoms with Crippen molar-refractivity contribution in [1.29, 1.82) is 0 Å². The minimum atomic E-state index is -3.65. The van der Waals surface area contributed by atoms with Gasteiger partial charge in [0.2, 0.25) is 10.0 Å². The Bertz CT molecular complexity index is 830. The van der Waals surface area contributed by atoms with Crippen molar-refractivity contribution in [3.05, 3.63) is 48.5 Å². The third-order valence-corrected chi connectivity index (χ3v) is 5.71. The summed E-state index contributed by atoms with van der Waals surface area (Å²) in [5.74, 6) is -0.254. The average molecular weight is 377 g/mol. The smallest absolute Gasteiger partial charge is 0.251 e. The van der Waals surface area contributed by atoms with E-state index in [2.05, 4.69) is 20.3 Å². The fourth-order valence-electron chi connectivity index (χ4n) is 2.82. The molecule has 140 valence electrons. The van der Waals surface area contributed by atoms with Crippen LogP contribution in [0.5, 0.6) is 0 Å². The largest absolute Gasteiger partial charge is 0.348 e. The molecule has 1 fully saturated rings. The monoisotopic (exact) mass is 377 g/mol. The third-order valence-electron chi connectivity index (χ3n) is 4.25. The number of nitrogens with one attached hydrogen (secondary N) is 3. The second kappa shape index (κ2) is 8.43. The molecule has 0 radical (unpaired) electrons. The van der Waals surface area contributed by atoms with Gasteiger partial charge in [0.15, 0.2) is 0 Å². The lowest BCUT2D eigenvalue weighted by Crippen LogP contribution is -2.36. The molecule has 9 heteroatoms. The Kier molecular flexibility index (Phi) is 6.02. The maximum atomic E-state index is 12.4.